The van der Waals surface area contributed by atoms with Gasteiger partial charge in [-0.05, 0) is 106 Å². The number of likely N-dealkylation sites (tertiary alicyclic amines) is 1. The number of amides is 2. The van der Waals surface area contributed by atoms with Crippen molar-refractivity contribution in [2.24, 2.45) is 21.7 Å². The summed E-state index contributed by atoms with van der Waals surface area (Å²) in [5.41, 5.74) is 13.0. The number of benzene rings is 2. The molecule has 12 nitrogen and oxygen atoms in total. The average molecular weight is 861 g/mol. The van der Waals surface area contributed by atoms with Crippen molar-refractivity contribution in [3.8, 4) is 11.1 Å². The number of fused-ring (bicyclic) bond motifs is 4. The van der Waals surface area contributed by atoms with E-state index in [1.165, 1.54) is 5.57 Å². The van der Waals surface area contributed by atoms with Gasteiger partial charge < -0.3 is 36.1 Å². The minimum Gasteiger partial charge on any atom is -0.461 e. The monoisotopic (exact) mass is 861 g/mol. The zero-order valence-corrected chi connectivity index (χ0v) is 38.1. The lowest BCUT2D eigenvalue weighted by Gasteiger charge is -2.34. The zero-order valence-electron chi connectivity index (χ0n) is 38.1. The molecule has 1 aliphatic carbocycles. The van der Waals surface area contributed by atoms with Crippen molar-refractivity contribution < 1.29 is 30.0 Å². The molecule has 7 N–H and O–H groups in total. The molecule has 338 valence electrons. The van der Waals surface area contributed by atoms with Crippen molar-refractivity contribution in [2.45, 2.75) is 129 Å². The Kier molecular flexibility index (Phi) is 13.5. The maximum atomic E-state index is 14.7. The lowest BCUT2D eigenvalue weighted by molar-refractivity contribution is -0.410. The van der Waals surface area contributed by atoms with Gasteiger partial charge in [0.15, 0.2) is 6.04 Å². The molecule has 12 heteroatoms. The van der Waals surface area contributed by atoms with Gasteiger partial charge in [-0.25, -0.2) is 4.79 Å². The zero-order chi connectivity index (χ0) is 44.5. The fraction of sp³-hybridized carbons (Fsp3) is 0.569. The number of quaternary nitrogens is 1. The lowest BCUT2D eigenvalue weighted by atomic mass is 9.83. The summed E-state index contributed by atoms with van der Waals surface area (Å²) >= 11 is 0. The minimum atomic E-state index is -0.797. The van der Waals surface area contributed by atoms with Crippen molar-refractivity contribution in [3.05, 3.63) is 77.1 Å². The van der Waals surface area contributed by atoms with Crippen LogP contribution in [0.1, 0.15) is 102 Å². The molecule has 4 bridgehead atoms. The Morgan fingerprint density at radius 1 is 1.11 bits per heavy atom. The fourth-order valence-corrected chi connectivity index (χ4v) is 11.2. The molecule has 5 heterocycles. The summed E-state index contributed by atoms with van der Waals surface area (Å²) < 4.78 is 8.35. The number of aliphatic hydroxyl groups excluding tert-OH is 1. The number of allylic oxidation sites excluding steroid dienone is 1. The SMILES string of the molecule is C=C1CNC[C@@]12CCN([C@H](C(=O)N[C@H]1Cc3cccc(c3)-c3ccc4c(c3)c(c(C3=C([C@H](C)O)N=CCC3)n4CC)CC(C)(C)COC(=O)[C@@H]([NH3+])CCCNC1=O)C1CCCC1)C2. The molecule has 3 aromatic rings. The molecule has 1 spiro atoms. The fourth-order valence-electron chi connectivity index (χ4n) is 11.2. The number of hydrogen-bond acceptors (Lipinski definition) is 8. The number of cyclic esters (lactones) is 1. The van der Waals surface area contributed by atoms with E-state index in [1.54, 1.807) is 6.92 Å². The number of aliphatic hydroxyl groups is 1. The van der Waals surface area contributed by atoms with E-state index in [0.29, 0.717) is 37.9 Å². The Balaban J connectivity index is 1.17. The van der Waals surface area contributed by atoms with Crippen LogP contribution in [0.4, 0.5) is 0 Å². The molecule has 1 aromatic heterocycles. The van der Waals surface area contributed by atoms with E-state index >= 15 is 0 Å². The van der Waals surface area contributed by atoms with Gasteiger partial charge in [0.25, 0.3) is 0 Å². The van der Waals surface area contributed by atoms with Crippen LogP contribution in [0.5, 0.6) is 0 Å². The van der Waals surface area contributed by atoms with E-state index < -0.39 is 23.6 Å². The van der Waals surface area contributed by atoms with Crippen LogP contribution in [0.15, 0.2) is 65.3 Å². The second-order valence-electron chi connectivity index (χ2n) is 19.9. The summed E-state index contributed by atoms with van der Waals surface area (Å²) in [6.07, 6.45) is 9.89. The number of nitrogens with one attached hydrogen (secondary N) is 3. The Hall–Kier alpha value is -4.62. The first-order chi connectivity index (χ1) is 30.3. The number of esters is 1. The predicted octanol–water partition coefficient (Wildman–Crippen LogP) is 5.35. The van der Waals surface area contributed by atoms with E-state index in [9.17, 15) is 19.5 Å². The molecule has 2 saturated heterocycles. The summed E-state index contributed by atoms with van der Waals surface area (Å²) in [5, 5.41) is 22.0. The minimum absolute atomic E-state index is 0.00521. The van der Waals surface area contributed by atoms with E-state index in [1.807, 2.05) is 18.3 Å². The van der Waals surface area contributed by atoms with Gasteiger partial charge >= 0.3 is 5.97 Å². The highest BCUT2D eigenvalue weighted by Gasteiger charge is 2.48. The molecule has 5 atom stereocenters. The summed E-state index contributed by atoms with van der Waals surface area (Å²) in [5.74, 6) is -0.423. The smallest absolute Gasteiger partial charge is 0.364 e. The molecule has 2 amide bonds. The highest BCUT2D eigenvalue weighted by molar-refractivity contribution is 5.95. The summed E-state index contributed by atoms with van der Waals surface area (Å²) in [6.45, 7) is 17.2. The number of aliphatic imine (C=N–C) groups is 1. The first kappa shape index (κ1) is 45.0. The van der Waals surface area contributed by atoms with Gasteiger partial charge in [0.1, 0.15) is 6.04 Å². The largest absolute Gasteiger partial charge is 0.461 e. The Morgan fingerprint density at radius 2 is 1.90 bits per heavy atom. The van der Waals surface area contributed by atoms with Crippen LogP contribution in [-0.2, 0) is 38.5 Å². The quantitative estimate of drug-likeness (QED) is 0.158. The third kappa shape index (κ3) is 9.46. The highest BCUT2D eigenvalue weighted by atomic mass is 16.5. The molecule has 4 aliphatic heterocycles. The first-order valence-electron chi connectivity index (χ1n) is 23.7. The third-order valence-corrected chi connectivity index (χ3v) is 14.6. The van der Waals surface area contributed by atoms with Gasteiger partial charge in [-0.1, -0.05) is 69.2 Å². The number of hydrogen-bond donors (Lipinski definition) is 5. The van der Waals surface area contributed by atoms with E-state index in [4.69, 9.17) is 9.73 Å². The van der Waals surface area contributed by atoms with Crippen LogP contribution in [0.2, 0.25) is 0 Å². The number of ether oxygens (including phenoxy) is 1. The van der Waals surface area contributed by atoms with Crippen LogP contribution >= 0.6 is 0 Å². The highest BCUT2D eigenvalue weighted by Crippen LogP contribution is 2.44. The van der Waals surface area contributed by atoms with Crippen molar-refractivity contribution in [1.82, 2.24) is 25.4 Å². The molecular weight excluding hydrogens is 791 g/mol. The lowest BCUT2D eigenvalue weighted by Crippen LogP contribution is -2.65. The van der Waals surface area contributed by atoms with Crippen LogP contribution in [-0.4, -0.2) is 102 Å². The van der Waals surface area contributed by atoms with Crippen molar-refractivity contribution in [1.29, 1.82) is 0 Å². The molecule has 1 saturated carbocycles. The van der Waals surface area contributed by atoms with E-state index in [0.717, 1.165) is 122 Å². The van der Waals surface area contributed by atoms with Gasteiger partial charge in [-0.2, -0.15) is 0 Å². The second kappa shape index (κ2) is 18.8. The van der Waals surface area contributed by atoms with Crippen LogP contribution in [0.3, 0.4) is 0 Å². The number of rotatable bonds is 7. The molecule has 63 heavy (non-hydrogen) atoms. The van der Waals surface area contributed by atoms with Crippen LogP contribution in [0, 0.1) is 16.7 Å². The maximum absolute atomic E-state index is 14.7. The molecule has 8 rings (SSSR count). The topological polar surface area (TPSA) is 165 Å². The number of aryl methyl sites for hydroxylation is 1. The van der Waals surface area contributed by atoms with Gasteiger partial charge in [0.2, 0.25) is 11.8 Å². The second-order valence-corrected chi connectivity index (χ2v) is 19.9. The van der Waals surface area contributed by atoms with Crippen molar-refractivity contribution in [2.75, 3.05) is 39.3 Å². The van der Waals surface area contributed by atoms with E-state index in [2.05, 4.69) is 88.8 Å². The molecular formula is C51H70N7O5+. The summed E-state index contributed by atoms with van der Waals surface area (Å²) in [4.78, 5) is 49.5. The summed E-state index contributed by atoms with van der Waals surface area (Å²) in [6, 6.07) is 13.3. The number of carbonyl (C=O) groups is 3. The molecule has 0 unspecified atom stereocenters. The molecule has 2 aromatic carbocycles. The van der Waals surface area contributed by atoms with Crippen molar-refractivity contribution in [3.63, 3.8) is 0 Å². The predicted molar refractivity (Wildman–Crippen MR) is 249 cm³/mol. The van der Waals surface area contributed by atoms with Gasteiger partial charge in [0.05, 0.1) is 30.1 Å². The number of aromatic nitrogens is 1. The molecule has 5 aliphatic rings. The van der Waals surface area contributed by atoms with Gasteiger partial charge in [0, 0.05) is 79.1 Å². The molecule has 3 fully saturated rings. The Bertz CT molecular complexity index is 2290. The van der Waals surface area contributed by atoms with Crippen molar-refractivity contribution >= 4 is 40.5 Å². The van der Waals surface area contributed by atoms with Crippen LogP contribution in [0.25, 0.3) is 27.6 Å². The van der Waals surface area contributed by atoms with E-state index in [-0.39, 0.29) is 41.8 Å². The normalized spacial score (nSPS) is 26.3. The summed E-state index contributed by atoms with van der Waals surface area (Å²) in [7, 11) is 0. The molecule has 0 radical (unpaired) electrons. The van der Waals surface area contributed by atoms with Gasteiger partial charge in [-0.15, -0.1) is 0 Å². The number of carbonyl (C=O) groups excluding carboxylic acids is 3. The average Bonchev–Trinajstić information content (AvgIpc) is 4.09. The number of nitrogens with zero attached hydrogens (tertiary/aromatic N) is 3. The third-order valence-electron chi connectivity index (χ3n) is 14.6. The maximum Gasteiger partial charge on any atom is 0.364 e. The first-order valence-corrected chi connectivity index (χ1v) is 23.7. The van der Waals surface area contributed by atoms with Crippen LogP contribution < -0.4 is 21.7 Å². The Morgan fingerprint density at radius 3 is 2.65 bits per heavy atom. The standard InChI is InChI=1S/C51H69N7O5/c1-6-58-43-19-18-37-26-39(43)40(46(58)38-16-10-21-54-44(38)33(3)59)27-50(4,5)31-63-49(62)41(52)17-11-22-55-47(60)42(25-34-12-9-15-36(37)24-34)56-48(61)45(35-13-7-8-14-35)57-23-20-51(30-57)29-53-28-32(51)2/h9,12,15,18-19,21,24,26,33,35,41-42,45,53,59H,2,6-8,10-11,13-14,16-17,20,22-23,25,27-31,52H2,1,3-5H3,(H,55,60)(H,56,61)/p+1/t33-,41-,42-,45-,51+/m0/s1. The Labute approximate surface area is 373 Å². The van der Waals surface area contributed by atoms with Gasteiger partial charge in [-0.3, -0.25) is 19.5 Å².